The summed E-state index contributed by atoms with van der Waals surface area (Å²) in [6.45, 7) is 7.08. The Morgan fingerprint density at radius 3 is 2.55 bits per heavy atom. The molecule has 1 unspecified atom stereocenters. The molecule has 0 saturated heterocycles. The normalized spacial score (nSPS) is 16.3. The average molecular weight is 454 g/mol. The molecule has 1 aliphatic rings. The summed E-state index contributed by atoms with van der Waals surface area (Å²) in [5, 5.41) is 0.837. The minimum absolute atomic E-state index is 0.0338. The summed E-state index contributed by atoms with van der Waals surface area (Å²) in [5.41, 5.74) is 14.3. The number of benzene rings is 2. The van der Waals surface area contributed by atoms with Crippen LogP contribution in [0.15, 0.2) is 53.5 Å². The first-order chi connectivity index (χ1) is 14.7. The van der Waals surface area contributed by atoms with Crippen LogP contribution in [0.4, 0.5) is 5.95 Å². The molecule has 1 amide bonds. The maximum atomic E-state index is 12.3. The third-order valence-corrected chi connectivity index (χ3v) is 6.97. The number of primary amides is 1. The Hall–Kier alpha value is -2.62. The number of rotatable bonds is 6. The van der Waals surface area contributed by atoms with Crippen molar-refractivity contribution in [2.45, 2.75) is 31.7 Å². The van der Waals surface area contributed by atoms with Crippen LogP contribution in [0.5, 0.6) is 0 Å². The number of imidazole rings is 1. The van der Waals surface area contributed by atoms with Crippen molar-refractivity contribution in [2.75, 3.05) is 18.0 Å². The molecule has 2 aromatic carbocycles. The highest BCUT2D eigenvalue weighted by Crippen LogP contribution is 2.41. The fourth-order valence-electron chi connectivity index (χ4n) is 4.01. The maximum Gasteiger partial charge on any atom is 0.221 e. The Morgan fingerprint density at radius 1 is 1.19 bits per heavy atom. The van der Waals surface area contributed by atoms with Crippen LogP contribution in [0.25, 0.3) is 11.0 Å². The Labute approximate surface area is 187 Å². The number of hydrogen-bond acceptors (Lipinski definition) is 6. The number of anilines is 1. The van der Waals surface area contributed by atoms with E-state index in [-0.39, 0.29) is 6.42 Å². The summed E-state index contributed by atoms with van der Waals surface area (Å²) in [7, 11) is -2.11. The third-order valence-electron chi connectivity index (χ3n) is 5.05. The fraction of sp³-hybridized carbons (Fsp3) is 0.318. The van der Waals surface area contributed by atoms with Gasteiger partial charge in [0.05, 0.1) is 24.0 Å². The highest BCUT2D eigenvalue weighted by Gasteiger charge is 2.41. The molecule has 3 aromatic rings. The van der Waals surface area contributed by atoms with Crippen LogP contribution >= 0.6 is 11.8 Å². The van der Waals surface area contributed by atoms with Gasteiger partial charge in [0.2, 0.25) is 11.9 Å². The molecule has 1 aliphatic heterocycles. The summed E-state index contributed by atoms with van der Waals surface area (Å²) in [5.74, 6) is 0.889. The van der Waals surface area contributed by atoms with Gasteiger partial charge in [-0.1, -0.05) is 48.2 Å². The SMILES string of the molecule is C[Si](C)(C)OC(CC(N)=O)(c1ccccc1)c1ccc2nc(N)n(C3=NCCS3)c2c1. The van der Waals surface area contributed by atoms with Crippen molar-refractivity contribution in [1.29, 1.82) is 0 Å². The standard InChI is InChI=1S/C22H27N5O2SSi/c1-31(2,3)29-22(14-19(23)28,15-7-5-4-6-8-15)16-9-10-17-18(13-16)27(20(24)26-17)21-25-11-12-30-21/h4-10,13H,11-12,14H2,1-3H3,(H2,23,28)(H2,24,26). The summed E-state index contributed by atoms with van der Waals surface area (Å²) < 4.78 is 8.65. The highest BCUT2D eigenvalue weighted by atomic mass is 32.2. The molecule has 7 nitrogen and oxygen atoms in total. The minimum atomic E-state index is -2.11. The number of nitrogens with two attached hydrogens (primary N) is 2. The fourth-order valence-corrected chi connectivity index (χ4v) is 6.23. The van der Waals surface area contributed by atoms with Crippen LogP contribution in [0.3, 0.4) is 0 Å². The van der Waals surface area contributed by atoms with Gasteiger partial charge in [0, 0.05) is 5.75 Å². The highest BCUT2D eigenvalue weighted by molar-refractivity contribution is 8.14. The number of aliphatic imine (C=N–C) groups is 1. The Bertz CT molecular complexity index is 1160. The van der Waals surface area contributed by atoms with Crippen molar-refractivity contribution >= 4 is 48.1 Å². The van der Waals surface area contributed by atoms with Gasteiger partial charge in [0.25, 0.3) is 0 Å². The van der Waals surface area contributed by atoms with Crippen molar-refractivity contribution < 1.29 is 9.22 Å². The van der Waals surface area contributed by atoms with Crippen LogP contribution in [-0.2, 0) is 14.8 Å². The lowest BCUT2D eigenvalue weighted by Crippen LogP contribution is -2.44. The summed E-state index contributed by atoms with van der Waals surface area (Å²) in [6, 6.07) is 15.7. The predicted molar refractivity (Wildman–Crippen MR) is 130 cm³/mol. The number of hydrogen-bond donors (Lipinski definition) is 2. The molecule has 2 heterocycles. The Kier molecular flexibility index (Phi) is 5.67. The van der Waals surface area contributed by atoms with Gasteiger partial charge in [-0.25, -0.2) is 4.98 Å². The van der Waals surface area contributed by atoms with E-state index >= 15 is 0 Å². The van der Waals surface area contributed by atoms with Gasteiger partial charge in [0.1, 0.15) is 5.60 Å². The van der Waals surface area contributed by atoms with E-state index in [9.17, 15) is 4.79 Å². The summed E-state index contributed by atoms with van der Waals surface area (Å²) >= 11 is 1.65. The van der Waals surface area contributed by atoms with Gasteiger partial charge in [-0.15, -0.1) is 0 Å². The maximum absolute atomic E-state index is 12.3. The minimum Gasteiger partial charge on any atom is -0.404 e. The lowest BCUT2D eigenvalue weighted by molar-refractivity contribution is -0.121. The van der Waals surface area contributed by atoms with Crippen molar-refractivity contribution in [2.24, 2.45) is 10.7 Å². The number of carbonyl (C=O) groups excluding carboxylic acids is 1. The molecule has 0 fully saturated rings. The van der Waals surface area contributed by atoms with Gasteiger partial charge < -0.3 is 15.9 Å². The number of aromatic nitrogens is 2. The molecule has 9 heteroatoms. The van der Waals surface area contributed by atoms with E-state index in [0.29, 0.717) is 5.95 Å². The van der Waals surface area contributed by atoms with E-state index in [2.05, 4.69) is 29.6 Å². The van der Waals surface area contributed by atoms with E-state index in [0.717, 1.165) is 39.6 Å². The molecular weight excluding hydrogens is 426 g/mol. The number of nitrogens with zero attached hydrogens (tertiary/aromatic N) is 3. The molecule has 31 heavy (non-hydrogen) atoms. The van der Waals surface area contributed by atoms with Crippen molar-refractivity contribution in [3.8, 4) is 0 Å². The number of fused-ring (bicyclic) bond motifs is 1. The van der Waals surface area contributed by atoms with Gasteiger partial charge in [-0.05, 0) is 42.9 Å². The number of nitrogen functional groups attached to an aromatic ring is 1. The van der Waals surface area contributed by atoms with Gasteiger partial charge >= 0.3 is 0 Å². The Balaban J connectivity index is 1.98. The molecule has 4 N–H and O–H groups in total. The first-order valence-electron chi connectivity index (χ1n) is 10.2. The summed E-state index contributed by atoms with van der Waals surface area (Å²) in [4.78, 5) is 21.4. The molecule has 0 bridgehead atoms. The van der Waals surface area contributed by atoms with Gasteiger partial charge in [0.15, 0.2) is 13.5 Å². The first-order valence-corrected chi connectivity index (χ1v) is 14.6. The second-order valence-electron chi connectivity index (χ2n) is 8.57. The van der Waals surface area contributed by atoms with E-state index in [1.165, 1.54) is 0 Å². The van der Waals surface area contributed by atoms with Crippen LogP contribution in [0.2, 0.25) is 19.6 Å². The predicted octanol–water partition coefficient (Wildman–Crippen LogP) is 3.54. The van der Waals surface area contributed by atoms with Crippen molar-refractivity contribution in [3.63, 3.8) is 0 Å². The molecular formula is C22H27N5O2SSi. The molecule has 0 radical (unpaired) electrons. The zero-order valence-corrected chi connectivity index (χ0v) is 19.8. The third kappa shape index (κ3) is 4.25. The molecule has 1 atom stereocenters. The first kappa shape index (κ1) is 21.6. The molecule has 0 saturated carbocycles. The van der Waals surface area contributed by atoms with E-state index in [4.69, 9.17) is 15.9 Å². The second kappa shape index (κ2) is 8.14. The average Bonchev–Trinajstić information content (AvgIpc) is 3.32. The van der Waals surface area contributed by atoms with Crippen LogP contribution in [-0.4, -0.2) is 41.2 Å². The number of thioether (sulfide) groups is 1. The molecule has 1 aromatic heterocycles. The quantitative estimate of drug-likeness (QED) is 0.555. The Morgan fingerprint density at radius 2 is 1.94 bits per heavy atom. The smallest absolute Gasteiger partial charge is 0.221 e. The number of carbonyl (C=O) groups is 1. The summed E-state index contributed by atoms with van der Waals surface area (Å²) in [6.07, 6.45) is 0.0338. The molecule has 162 valence electrons. The monoisotopic (exact) mass is 453 g/mol. The van der Waals surface area contributed by atoms with Crippen LogP contribution < -0.4 is 11.5 Å². The van der Waals surface area contributed by atoms with Crippen LogP contribution in [0, 0.1) is 0 Å². The lowest BCUT2D eigenvalue weighted by atomic mass is 9.83. The molecule has 4 rings (SSSR count). The van der Waals surface area contributed by atoms with E-state index < -0.39 is 19.8 Å². The van der Waals surface area contributed by atoms with E-state index in [1.54, 1.807) is 11.8 Å². The molecule has 0 spiro atoms. The zero-order valence-electron chi connectivity index (χ0n) is 18.0. The number of amides is 1. The second-order valence-corrected chi connectivity index (χ2v) is 14.1. The van der Waals surface area contributed by atoms with Crippen LogP contribution in [0.1, 0.15) is 17.5 Å². The zero-order chi connectivity index (χ0) is 22.2. The van der Waals surface area contributed by atoms with Crippen molar-refractivity contribution in [1.82, 2.24) is 9.55 Å². The van der Waals surface area contributed by atoms with Crippen molar-refractivity contribution in [3.05, 3.63) is 59.7 Å². The van der Waals surface area contributed by atoms with E-state index in [1.807, 2.05) is 53.1 Å². The van der Waals surface area contributed by atoms with Gasteiger partial charge in [-0.2, -0.15) is 0 Å². The topological polar surface area (TPSA) is 109 Å². The van der Waals surface area contributed by atoms with Gasteiger partial charge in [-0.3, -0.25) is 14.4 Å². The lowest BCUT2D eigenvalue weighted by Gasteiger charge is -2.39. The largest absolute Gasteiger partial charge is 0.404 e. The molecule has 0 aliphatic carbocycles.